The molecule has 0 amide bonds. The fourth-order valence-electron chi connectivity index (χ4n) is 3.06. The van der Waals surface area contributed by atoms with E-state index in [2.05, 4.69) is 0 Å². The summed E-state index contributed by atoms with van der Waals surface area (Å²) in [5, 5.41) is 22.5. The van der Waals surface area contributed by atoms with Crippen LogP contribution in [-0.2, 0) is 0 Å². The summed E-state index contributed by atoms with van der Waals surface area (Å²) in [5.74, 6) is 0.671. The summed E-state index contributed by atoms with van der Waals surface area (Å²) < 4.78 is 0. The van der Waals surface area contributed by atoms with Gasteiger partial charge in [0.05, 0.1) is 17.5 Å². The van der Waals surface area contributed by atoms with E-state index in [1.54, 1.807) is 21.6 Å². The molecule has 5 atom stereocenters. The van der Waals surface area contributed by atoms with E-state index in [9.17, 15) is 10.2 Å². The Morgan fingerprint density at radius 3 is 2.86 bits per heavy atom. The Kier molecular flexibility index (Phi) is 2.35. The molecule has 3 rings (SSSR count). The lowest BCUT2D eigenvalue weighted by Crippen LogP contribution is -2.46. The van der Waals surface area contributed by atoms with Gasteiger partial charge in [0.15, 0.2) is 0 Å². The Bertz CT molecular complexity index is 279. The molecule has 78 valence electrons. The second kappa shape index (κ2) is 3.44. The SMILES string of the molecule is OC1C2=CSSC2C(O)C2CCCC12. The molecule has 1 aliphatic heterocycles. The minimum absolute atomic E-state index is 0.161. The third-order valence-corrected chi connectivity index (χ3v) is 6.27. The van der Waals surface area contributed by atoms with E-state index in [-0.39, 0.29) is 17.5 Å². The van der Waals surface area contributed by atoms with Gasteiger partial charge in [0.25, 0.3) is 0 Å². The molecule has 2 aliphatic carbocycles. The molecule has 2 nitrogen and oxygen atoms in total. The molecule has 0 aromatic rings. The molecule has 2 saturated carbocycles. The lowest BCUT2D eigenvalue weighted by Gasteiger charge is -2.39. The molecule has 0 aromatic carbocycles. The minimum atomic E-state index is -0.279. The van der Waals surface area contributed by atoms with Crippen molar-refractivity contribution in [2.24, 2.45) is 11.8 Å². The highest BCUT2D eigenvalue weighted by Crippen LogP contribution is 2.54. The molecular formula is C10H14O2S2. The summed E-state index contributed by atoms with van der Waals surface area (Å²) in [6, 6.07) is 0. The van der Waals surface area contributed by atoms with E-state index >= 15 is 0 Å². The molecule has 0 spiro atoms. The van der Waals surface area contributed by atoms with Crippen LogP contribution < -0.4 is 0 Å². The van der Waals surface area contributed by atoms with Crippen LogP contribution in [0.2, 0.25) is 0 Å². The first-order chi connectivity index (χ1) is 6.79. The highest BCUT2D eigenvalue weighted by molar-refractivity contribution is 8.78. The second-order valence-corrected chi connectivity index (χ2v) is 6.71. The fraction of sp³-hybridized carbons (Fsp3) is 0.800. The molecule has 2 N–H and O–H groups in total. The number of fused-ring (bicyclic) bond motifs is 2. The van der Waals surface area contributed by atoms with E-state index < -0.39 is 0 Å². The van der Waals surface area contributed by atoms with Crippen molar-refractivity contribution < 1.29 is 10.2 Å². The molecule has 5 unspecified atom stereocenters. The first-order valence-electron chi connectivity index (χ1n) is 5.17. The van der Waals surface area contributed by atoms with Gasteiger partial charge in [-0.15, -0.1) is 0 Å². The Morgan fingerprint density at radius 1 is 1.21 bits per heavy atom. The van der Waals surface area contributed by atoms with Gasteiger partial charge < -0.3 is 10.2 Å². The second-order valence-electron chi connectivity index (χ2n) is 4.42. The highest BCUT2D eigenvalue weighted by atomic mass is 33.1. The monoisotopic (exact) mass is 230 g/mol. The topological polar surface area (TPSA) is 40.5 Å². The van der Waals surface area contributed by atoms with Crippen LogP contribution >= 0.6 is 21.6 Å². The van der Waals surface area contributed by atoms with Crippen molar-refractivity contribution in [3.05, 3.63) is 11.0 Å². The van der Waals surface area contributed by atoms with E-state index in [4.69, 9.17) is 0 Å². The molecule has 0 radical (unpaired) electrons. The maximum absolute atomic E-state index is 10.2. The maximum Gasteiger partial charge on any atom is 0.0802 e. The number of aliphatic hydroxyl groups excluding tert-OH is 2. The van der Waals surface area contributed by atoms with Crippen LogP contribution in [0.1, 0.15) is 19.3 Å². The number of hydrogen-bond acceptors (Lipinski definition) is 4. The molecule has 1 heterocycles. The van der Waals surface area contributed by atoms with Crippen molar-refractivity contribution in [1.29, 1.82) is 0 Å². The Morgan fingerprint density at radius 2 is 2.00 bits per heavy atom. The van der Waals surface area contributed by atoms with Gasteiger partial charge in [-0.3, -0.25) is 0 Å². The fourth-order valence-corrected chi connectivity index (χ4v) is 5.89. The summed E-state index contributed by atoms with van der Waals surface area (Å²) in [4.78, 5) is 0. The number of rotatable bonds is 0. The molecule has 3 aliphatic rings. The Labute approximate surface area is 91.6 Å². The van der Waals surface area contributed by atoms with Gasteiger partial charge in [0.2, 0.25) is 0 Å². The summed E-state index contributed by atoms with van der Waals surface area (Å²) >= 11 is 0. The van der Waals surface area contributed by atoms with Gasteiger partial charge in [-0.25, -0.2) is 0 Å². The molecule has 0 bridgehead atoms. The van der Waals surface area contributed by atoms with Gasteiger partial charge >= 0.3 is 0 Å². The smallest absolute Gasteiger partial charge is 0.0802 e. The van der Waals surface area contributed by atoms with Crippen LogP contribution in [-0.4, -0.2) is 27.7 Å². The zero-order valence-electron chi connectivity index (χ0n) is 7.80. The van der Waals surface area contributed by atoms with Crippen molar-refractivity contribution >= 4 is 21.6 Å². The molecular weight excluding hydrogens is 216 g/mol. The predicted molar refractivity (Wildman–Crippen MR) is 59.9 cm³/mol. The van der Waals surface area contributed by atoms with Crippen molar-refractivity contribution in [2.75, 3.05) is 0 Å². The molecule has 14 heavy (non-hydrogen) atoms. The summed E-state index contributed by atoms with van der Waals surface area (Å²) in [6.45, 7) is 0. The third kappa shape index (κ3) is 1.21. The van der Waals surface area contributed by atoms with E-state index in [1.807, 2.05) is 5.41 Å². The van der Waals surface area contributed by atoms with Gasteiger partial charge in [-0.1, -0.05) is 28.0 Å². The number of aliphatic hydroxyl groups is 2. The van der Waals surface area contributed by atoms with Crippen molar-refractivity contribution in [1.82, 2.24) is 0 Å². The largest absolute Gasteiger partial charge is 0.391 e. The van der Waals surface area contributed by atoms with Gasteiger partial charge in [-0.05, 0) is 35.7 Å². The first-order valence-corrected chi connectivity index (χ1v) is 7.45. The molecule has 0 aromatic heterocycles. The van der Waals surface area contributed by atoms with Crippen LogP contribution in [0.4, 0.5) is 0 Å². The first kappa shape index (κ1) is 9.58. The molecule has 0 saturated heterocycles. The van der Waals surface area contributed by atoms with Crippen LogP contribution in [0.3, 0.4) is 0 Å². The Balaban J connectivity index is 1.94. The van der Waals surface area contributed by atoms with Crippen LogP contribution in [0.15, 0.2) is 11.0 Å². The average Bonchev–Trinajstić information content (AvgIpc) is 2.82. The van der Waals surface area contributed by atoms with Crippen LogP contribution in [0.25, 0.3) is 0 Å². The maximum atomic E-state index is 10.2. The lowest BCUT2D eigenvalue weighted by atomic mass is 9.75. The van der Waals surface area contributed by atoms with Crippen LogP contribution in [0, 0.1) is 11.8 Å². The quantitative estimate of drug-likeness (QED) is 0.622. The zero-order valence-corrected chi connectivity index (χ0v) is 9.43. The van der Waals surface area contributed by atoms with E-state index in [0.29, 0.717) is 11.8 Å². The van der Waals surface area contributed by atoms with E-state index in [0.717, 1.165) is 18.4 Å². The highest BCUT2D eigenvalue weighted by Gasteiger charge is 2.49. The standard InChI is InChI=1S/C10H14O2S2/c11-8-5-2-1-3-6(5)9(12)10-7(8)4-13-14-10/h4-6,8-12H,1-3H2. The molecule has 4 heteroatoms. The number of hydrogen-bond donors (Lipinski definition) is 2. The summed E-state index contributed by atoms with van der Waals surface area (Å²) in [7, 11) is 3.36. The zero-order chi connectivity index (χ0) is 9.71. The van der Waals surface area contributed by atoms with Gasteiger partial charge in [-0.2, -0.15) is 0 Å². The van der Waals surface area contributed by atoms with Gasteiger partial charge in [0, 0.05) is 0 Å². The van der Waals surface area contributed by atoms with Crippen LogP contribution in [0.5, 0.6) is 0 Å². The van der Waals surface area contributed by atoms with Crippen molar-refractivity contribution in [2.45, 2.75) is 36.7 Å². The third-order valence-electron chi connectivity index (χ3n) is 3.79. The van der Waals surface area contributed by atoms with Crippen molar-refractivity contribution in [3.63, 3.8) is 0 Å². The summed E-state index contributed by atoms with van der Waals surface area (Å²) in [6.07, 6.45) is 2.84. The predicted octanol–water partition coefficient (Wildman–Crippen LogP) is 1.79. The average molecular weight is 230 g/mol. The van der Waals surface area contributed by atoms with Crippen molar-refractivity contribution in [3.8, 4) is 0 Å². The minimum Gasteiger partial charge on any atom is -0.391 e. The lowest BCUT2D eigenvalue weighted by molar-refractivity contribution is 0.00954. The van der Waals surface area contributed by atoms with Gasteiger partial charge in [0.1, 0.15) is 0 Å². The Hall–Kier alpha value is 0.360. The molecule has 2 fully saturated rings. The summed E-state index contributed by atoms with van der Waals surface area (Å²) in [5.41, 5.74) is 1.08. The van der Waals surface area contributed by atoms with E-state index in [1.165, 1.54) is 6.42 Å². The normalized spacial score (nSPS) is 51.3.